The van der Waals surface area contributed by atoms with Crippen LogP contribution in [0, 0.1) is 6.92 Å². The summed E-state index contributed by atoms with van der Waals surface area (Å²) in [6, 6.07) is 29.3. The predicted octanol–water partition coefficient (Wildman–Crippen LogP) is 5.87. The molecule has 1 aliphatic carbocycles. The number of hydrogen-bond donors (Lipinski definition) is 0. The number of aryl methyl sites for hydroxylation is 1. The van der Waals surface area contributed by atoms with Crippen molar-refractivity contribution in [2.45, 2.75) is 12.8 Å². The summed E-state index contributed by atoms with van der Waals surface area (Å²) in [6.07, 6.45) is 0. The summed E-state index contributed by atoms with van der Waals surface area (Å²) in [6.45, 7) is 2.04. The normalized spacial score (nSPS) is 15.6. The smallest absolute Gasteiger partial charge is 0.193 e. The first-order chi connectivity index (χ1) is 12.7. The molecular weight excluding hydrogens is 316 g/mol. The molecule has 26 heavy (non-hydrogen) atoms. The van der Waals surface area contributed by atoms with Gasteiger partial charge in [0.05, 0.1) is 0 Å². The number of ketones is 1. The molecule has 4 aromatic rings. The zero-order chi connectivity index (χ0) is 17.7. The fraction of sp³-hybridized carbons (Fsp3) is 0.0800. The molecule has 0 radical (unpaired) electrons. The van der Waals surface area contributed by atoms with Crippen LogP contribution >= 0.6 is 0 Å². The second-order valence-corrected chi connectivity index (χ2v) is 7.05. The van der Waals surface area contributed by atoms with Crippen molar-refractivity contribution >= 4 is 16.6 Å². The molecular formula is C25H18O. The summed E-state index contributed by atoms with van der Waals surface area (Å²) >= 11 is 0. The van der Waals surface area contributed by atoms with Gasteiger partial charge in [0, 0.05) is 17.0 Å². The van der Waals surface area contributed by atoms with Crippen LogP contribution < -0.4 is 0 Å². The number of hydrogen-bond acceptors (Lipinski definition) is 1. The third-order valence-corrected chi connectivity index (χ3v) is 5.39. The fourth-order valence-corrected chi connectivity index (χ4v) is 4.13. The van der Waals surface area contributed by atoms with Crippen molar-refractivity contribution in [3.8, 4) is 0 Å². The van der Waals surface area contributed by atoms with E-state index in [9.17, 15) is 4.79 Å². The average molecular weight is 334 g/mol. The maximum atomic E-state index is 13.0. The first kappa shape index (κ1) is 15.1. The number of carbonyl (C=O) groups excluding carboxylic acids is 1. The lowest BCUT2D eigenvalue weighted by Gasteiger charge is -2.28. The lowest BCUT2D eigenvalue weighted by Crippen LogP contribution is -2.20. The Morgan fingerprint density at radius 1 is 0.654 bits per heavy atom. The summed E-state index contributed by atoms with van der Waals surface area (Å²) in [7, 11) is 0. The monoisotopic (exact) mass is 334 g/mol. The van der Waals surface area contributed by atoms with Crippen molar-refractivity contribution in [3.63, 3.8) is 0 Å². The number of rotatable bonds is 1. The van der Waals surface area contributed by atoms with E-state index in [-0.39, 0.29) is 11.7 Å². The van der Waals surface area contributed by atoms with E-state index < -0.39 is 0 Å². The van der Waals surface area contributed by atoms with Crippen LogP contribution in [-0.2, 0) is 0 Å². The molecule has 1 atom stereocenters. The van der Waals surface area contributed by atoms with Crippen LogP contribution in [-0.4, -0.2) is 5.78 Å². The molecule has 5 rings (SSSR count). The zero-order valence-corrected chi connectivity index (χ0v) is 14.6. The van der Waals surface area contributed by atoms with Crippen molar-refractivity contribution in [1.29, 1.82) is 0 Å². The fourth-order valence-electron chi connectivity index (χ4n) is 4.13. The van der Waals surface area contributed by atoms with Crippen LogP contribution in [0.4, 0.5) is 0 Å². The number of benzene rings is 4. The molecule has 0 heterocycles. The quantitative estimate of drug-likeness (QED) is 0.374. The minimum Gasteiger partial charge on any atom is -0.289 e. The predicted molar refractivity (Wildman–Crippen MR) is 106 cm³/mol. The zero-order valence-electron chi connectivity index (χ0n) is 14.6. The highest BCUT2D eigenvalue weighted by Gasteiger charge is 2.31. The summed E-state index contributed by atoms with van der Waals surface area (Å²) < 4.78 is 0. The van der Waals surface area contributed by atoms with Gasteiger partial charge in [-0.15, -0.1) is 0 Å². The van der Waals surface area contributed by atoms with Crippen molar-refractivity contribution in [2.75, 3.05) is 0 Å². The van der Waals surface area contributed by atoms with E-state index in [2.05, 4.69) is 60.7 Å². The SMILES string of the molecule is Cc1ccc2c(c1)C(=O)c1ccccc1C2c1ccc2ccccc2c1. The Hall–Kier alpha value is -3.19. The van der Waals surface area contributed by atoms with Crippen LogP contribution in [0.5, 0.6) is 0 Å². The molecule has 124 valence electrons. The largest absolute Gasteiger partial charge is 0.289 e. The number of fused-ring (bicyclic) bond motifs is 3. The Bertz CT molecular complexity index is 1170. The van der Waals surface area contributed by atoms with E-state index in [0.29, 0.717) is 0 Å². The first-order valence-electron chi connectivity index (χ1n) is 8.95. The molecule has 1 nitrogen and oxygen atoms in total. The van der Waals surface area contributed by atoms with Gasteiger partial charge in [-0.25, -0.2) is 0 Å². The second kappa shape index (κ2) is 5.67. The Balaban J connectivity index is 1.80. The Morgan fingerprint density at radius 3 is 2.27 bits per heavy atom. The molecule has 1 unspecified atom stereocenters. The molecule has 0 fully saturated rings. The standard InChI is InChI=1S/C25H18O/c1-16-10-13-21-23(14-16)25(26)22-9-5-4-8-20(22)24(21)19-12-11-17-6-2-3-7-18(17)15-19/h2-15,24H,1H3. The van der Waals surface area contributed by atoms with Crippen molar-refractivity contribution in [3.05, 3.63) is 118 Å². The molecule has 4 aromatic carbocycles. The van der Waals surface area contributed by atoms with Crippen molar-refractivity contribution in [2.24, 2.45) is 0 Å². The highest BCUT2D eigenvalue weighted by atomic mass is 16.1. The summed E-state index contributed by atoms with van der Waals surface area (Å²) in [5.74, 6) is 0.223. The van der Waals surface area contributed by atoms with Gasteiger partial charge in [-0.2, -0.15) is 0 Å². The van der Waals surface area contributed by atoms with E-state index in [0.717, 1.165) is 27.8 Å². The van der Waals surface area contributed by atoms with Gasteiger partial charge in [-0.3, -0.25) is 4.79 Å². The molecule has 0 aromatic heterocycles. The maximum Gasteiger partial charge on any atom is 0.193 e. The van der Waals surface area contributed by atoms with Crippen molar-refractivity contribution < 1.29 is 4.79 Å². The third-order valence-electron chi connectivity index (χ3n) is 5.39. The van der Waals surface area contributed by atoms with E-state index in [1.54, 1.807) is 0 Å². The summed E-state index contributed by atoms with van der Waals surface area (Å²) in [4.78, 5) is 13.0. The molecule has 0 saturated carbocycles. The topological polar surface area (TPSA) is 17.1 Å². The lowest BCUT2D eigenvalue weighted by atomic mass is 9.74. The molecule has 0 N–H and O–H groups in total. The van der Waals surface area contributed by atoms with Crippen LogP contribution in [0.1, 0.15) is 44.1 Å². The van der Waals surface area contributed by atoms with Gasteiger partial charge in [-0.05, 0) is 40.5 Å². The maximum absolute atomic E-state index is 13.0. The van der Waals surface area contributed by atoms with Gasteiger partial charge in [-0.1, -0.05) is 84.4 Å². The Labute approximate surface area is 152 Å². The molecule has 0 aliphatic heterocycles. The first-order valence-corrected chi connectivity index (χ1v) is 8.95. The average Bonchev–Trinajstić information content (AvgIpc) is 2.68. The van der Waals surface area contributed by atoms with E-state index in [1.807, 2.05) is 31.2 Å². The third kappa shape index (κ3) is 2.21. The van der Waals surface area contributed by atoms with Crippen LogP contribution in [0.2, 0.25) is 0 Å². The highest BCUT2D eigenvalue weighted by molar-refractivity contribution is 6.13. The lowest BCUT2D eigenvalue weighted by molar-refractivity contribution is 0.103. The Morgan fingerprint density at radius 2 is 1.38 bits per heavy atom. The summed E-state index contributed by atoms with van der Waals surface area (Å²) in [5.41, 5.74) is 6.21. The molecule has 0 bridgehead atoms. The molecule has 0 amide bonds. The van der Waals surface area contributed by atoms with Crippen LogP contribution in [0.25, 0.3) is 10.8 Å². The van der Waals surface area contributed by atoms with Crippen molar-refractivity contribution in [1.82, 2.24) is 0 Å². The minimum absolute atomic E-state index is 0.0871. The van der Waals surface area contributed by atoms with E-state index >= 15 is 0 Å². The molecule has 1 heteroatoms. The molecule has 0 spiro atoms. The van der Waals surface area contributed by atoms with Crippen LogP contribution in [0.15, 0.2) is 84.9 Å². The van der Waals surface area contributed by atoms with Crippen LogP contribution in [0.3, 0.4) is 0 Å². The van der Waals surface area contributed by atoms with Gasteiger partial charge in [0.15, 0.2) is 5.78 Å². The summed E-state index contributed by atoms with van der Waals surface area (Å²) in [5, 5.41) is 2.47. The van der Waals surface area contributed by atoms with E-state index in [4.69, 9.17) is 0 Å². The van der Waals surface area contributed by atoms with Gasteiger partial charge in [0.25, 0.3) is 0 Å². The van der Waals surface area contributed by atoms with Gasteiger partial charge in [0.1, 0.15) is 0 Å². The highest BCUT2D eigenvalue weighted by Crippen LogP contribution is 2.41. The second-order valence-electron chi connectivity index (χ2n) is 7.05. The van der Waals surface area contributed by atoms with Gasteiger partial charge >= 0.3 is 0 Å². The number of carbonyl (C=O) groups is 1. The van der Waals surface area contributed by atoms with Gasteiger partial charge in [0.2, 0.25) is 0 Å². The van der Waals surface area contributed by atoms with E-state index in [1.165, 1.54) is 16.3 Å². The minimum atomic E-state index is 0.0871. The molecule has 0 saturated heterocycles. The Kier molecular flexibility index (Phi) is 3.29. The molecule has 1 aliphatic rings. The van der Waals surface area contributed by atoms with Gasteiger partial charge < -0.3 is 0 Å².